The van der Waals surface area contributed by atoms with Crippen LogP contribution >= 0.6 is 11.3 Å². The van der Waals surface area contributed by atoms with E-state index < -0.39 is 5.97 Å². The van der Waals surface area contributed by atoms with Gasteiger partial charge in [0.25, 0.3) is 0 Å². The third-order valence-corrected chi connectivity index (χ3v) is 3.97. The third-order valence-electron chi connectivity index (χ3n) is 3.02. The van der Waals surface area contributed by atoms with Gasteiger partial charge in [-0.2, -0.15) is 15.0 Å². The van der Waals surface area contributed by atoms with Gasteiger partial charge in [0.2, 0.25) is 11.9 Å². The summed E-state index contributed by atoms with van der Waals surface area (Å²) in [5.74, 6) is -0.354. The molecular formula is C15H14N6O2S. The Hall–Kier alpha value is -3.07. The second-order valence-electron chi connectivity index (χ2n) is 4.82. The molecule has 0 atom stereocenters. The van der Waals surface area contributed by atoms with E-state index in [1.807, 2.05) is 37.3 Å². The largest absolute Gasteiger partial charge is 0.453 e. The van der Waals surface area contributed by atoms with E-state index in [9.17, 15) is 4.79 Å². The number of nitrogens with zero attached hydrogens (tertiary/aromatic N) is 4. The minimum absolute atomic E-state index is 0.0211. The van der Waals surface area contributed by atoms with Gasteiger partial charge in [-0.05, 0) is 6.92 Å². The lowest BCUT2D eigenvalue weighted by Gasteiger charge is -2.05. The van der Waals surface area contributed by atoms with Crippen molar-refractivity contribution in [1.82, 2.24) is 19.9 Å². The molecule has 0 bridgehead atoms. The number of thiazole rings is 1. The highest BCUT2D eigenvalue weighted by atomic mass is 32.1. The maximum Gasteiger partial charge on any atom is 0.351 e. The van der Waals surface area contributed by atoms with Gasteiger partial charge >= 0.3 is 5.97 Å². The summed E-state index contributed by atoms with van der Waals surface area (Å²) in [6, 6.07) is 9.44. The van der Waals surface area contributed by atoms with Gasteiger partial charge in [0.15, 0.2) is 12.4 Å². The van der Waals surface area contributed by atoms with E-state index >= 15 is 0 Å². The van der Waals surface area contributed by atoms with Crippen molar-refractivity contribution in [2.45, 2.75) is 13.5 Å². The van der Waals surface area contributed by atoms with Gasteiger partial charge in [0.1, 0.15) is 4.88 Å². The highest BCUT2D eigenvalue weighted by molar-refractivity contribution is 7.14. The number of nitrogen functional groups attached to an aromatic ring is 2. The number of esters is 1. The van der Waals surface area contributed by atoms with E-state index in [1.165, 1.54) is 11.3 Å². The molecule has 1 aromatic carbocycles. The molecule has 3 aromatic rings. The number of aromatic nitrogens is 4. The zero-order valence-electron chi connectivity index (χ0n) is 12.8. The predicted molar refractivity (Wildman–Crippen MR) is 90.1 cm³/mol. The van der Waals surface area contributed by atoms with Crippen LogP contribution in [0.4, 0.5) is 11.9 Å². The summed E-state index contributed by atoms with van der Waals surface area (Å²) >= 11 is 1.27. The number of nitrogens with two attached hydrogens (primary N) is 2. The molecule has 24 heavy (non-hydrogen) atoms. The standard InChI is InChI=1S/C15H14N6O2S/c1-8-18-11(9-5-3-2-4-6-9)12(24-8)13(22)23-7-10-19-14(16)21-15(17)20-10/h2-6H,7H2,1H3,(H4,16,17,19,20,21). The zero-order valence-corrected chi connectivity index (χ0v) is 13.6. The van der Waals surface area contributed by atoms with Crippen LogP contribution in [0.25, 0.3) is 11.3 Å². The molecule has 0 radical (unpaired) electrons. The van der Waals surface area contributed by atoms with E-state index in [-0.39, 0.29) is 24.3 Å². The first-order valence-corrected chi connectivity index (χ1v) is 7.80. The van der Waals surface area contributed by atoms with Gasteiger partial charge in [-0.3, -0.25) is 0 Å². The molecule has 0 spiro atoms. The van der Waals surface area contributed by atoms with Crippen LogP contribution in [-0.2, 0) is 11.3 Å². The lowest BCUT2D eigenvalue weighted by atomic mass is 10.1. The second-order valence-corrected chi connectivity index (χ2v) is 6.02. The summed E-state index contributed by atoms with van der Waals surface area (Å²) in [4.78, 5) is 28.7. The Bertz CT molecular complexity index is 861. The number of hydrogen-bond donors (Lipinski definition) is 2. The Morgan fingerprint density at radius 3 is 2.42 bits per heavy atom. The Labute approximate surface area is 141 Å². The molecule has 0 aliphatic heterocycles. The first-order valence-electron chi connectivity index (χ1n) is 6.99. The molecule has 122 valence electrons. The lowest BCUT2D eigenvalue weighted by molar-refractivity contribution is 0.0468. The van der Waals surface area contributed by atoms with Gasteiger partial charge in [0.05, 0.1) is 10.7 Å². The van der Waals surface area contributed by atoms with Crippen molar-refractivity contribution in [3.05, 3.63) is 46.0 Å². The molecule has 2 heterocycles. The van der Waals surface area contributed by atoms with E-state index in [1.54, 1.807) is 0 Å². The first-order chi connectivity index (χ1) is 11.5. The highest BCUT2D eigenvalue weighted by Crippen LogP contribution is 2.28. The second kappa shape index (κ2) is 6.59. The van der Waals surface area contributed by atoms with Crippen LogP contribution in [0.1, 0.15) is 20.5 Å². The first kappa shape index (κ1) is 15.8. The SMILES string of the molecule is Cc1nc(-c2ccccc2)c(C(=O)OCc2nc(N)nc(N)n2)s1. The molecule has 0 fully saturated rings. The van der Waals surface area contributed by atoms with Crippen LogP contribution in [0.5, 0.6) is 0 Å². The summed E-state index contributed by atoms with van der Waals surface area (Å²) in [5.41, 5.74) is 12.4. The van der Waals surface area contributed by atoms with Crippen molar-refractivity contribution in [3.63, 3.8) is 0 Å². The summed E-state index contributed by atoms with van der Waals surface area (Å²) in [6.07, 6.45) is 0. The van der Waals surface area contributed by atoms with Crippen molar-refractivity contribution in [3.8, 4) is 11.3 Å². The number of carbonyl (C=O) groups excluding carboxylic acids is 1. The van der Waals surface area contributed by atoms with E-state index in [0.717, 1.165) is 10.6 Å². The summed E-state index contributed by atoms with van der Waals surface area (Å²) in [5, 5.41) is 0.773. The Balaban J connectivity index is 1.81. The fraction of sp³-hybridized carbons (Fsp3) is 0.133. The number of anilines is 2. The van der Waals surface area contributed by atoms with Crippen molar-refractivity contribution in [2.75, 3.05) is 11.5 Å². The van der Waals surface area contributed by atoms with Crippen LogP contribution < -0.4 is 11.5 Å². The number of rotatable bonds is 4. The molecular weight excluding hydrogens is 328 g/mol. The molecule has 0 saturated heterocycles. The molecule has 0 aliphatic carbocycles. The topological polar surface area (TPSA) is 130 Å². The molecule has 3 rings (SSSR count). The fourth-order valence-electron chi connectivity index (χ4n) is 2.07. The number of benzene rings is 1. The zero-order chi connectivity index (χ0) is 17.1. The molecule has 0 amide bonds. The monoisotopic (exact) mass is 342 g/mol. The molecule has 0 unspecified atom stereocenters. The van der Waals surface area contributed by atoms with Crippen molar-refractivity contribution in [1.29, 1.82) is 0 Å². The maximum atomic E-state index is 12.4. The van der Waals surface area contributed by atoms with Gasteiger partial charge < -0.3 is 16.2 Å². The number of hydrogen-bond acceptors (Lipinski definition) is 9. The molecule has 4 N–H and O–H groups in total. The van der Waals surface area contributed by atoms with Gasteiger partial charge in [-0.1, -0.05) is 30.3 Å². The smallest absolute Gasteiger partial charge is 0.351 e. The van der Waals surface area contributed by atoms with Crippen LogP contribution in [-0.4, -0.2) is 25.9 Å². The van der Waals surface area contributed by atoms with Crippen molar-refractivity contribution < 1.29 is 9.53 Å². The summed E-state index contributed by atoms with van der Waals surface area (Å²) in [6.45, 7) is 1.68. The van der Waals surface area contributed by atoms with Crippen LogP contribution in [0, 0.1) is 6.92 Å². The molecule has 0 saturated carbocycles. The fourth-order valence-corrected chi connectivity index (χ4v) is 2.91. The lowest BCUT2D eigenvalue weighted by Crippen LogP contribution is -2.11. The predicted octanol–water partition coefficient (Wildman–Crippen LogP) is 1.82. The molecule has 8 nitrogen and oxygen atoms in total. The Morgan fingerprint density at radius 2 is 1.75 bits per heavy atom. The number of carbonyl (C=O) groups is 1. The average molecular weight is 342 g/mol. The van der Waals surface area contributed by atoms with Crippen LogP contribution in [0.3, 0.4) is 0 Å². The van der Waals surface area contributed by atoms with Gasteiger partial charge in [-0.25, -0.2) is 9.78 Å². The third kappa shape index (κ3) is 3.46. The normalized spacial score (nSPS) is 10.5. The highest BCUT2D eigenvalue weighted by Gasteiger charge is 2.20. The maximum absolute atomic E-state index is 12.4. The average Bonchev–Trinajstić information content (AvgIpc) is 2.94. The van der Waals surface area contributed by atoms with E-state index in [4.69, 9.17) is 16.2 Å². The molecule has 2 aromatic heterocycles. The number of aryl methyl sites for hydroxylation is 1. The summed E-state index contributed by atoms with van der Waals surface area (Å²) < 4.78 is 5.27. The van der Waals surface area contributed by atoms with Crippen molar-refractivity contribution >= 4 is 29.2 Å². The van der Waals surface area contributed by atoms with Gasteiger partial charge in [-0.15, -0.1) is 11.3 Å². The molecule has 0 aliphatic rings. The number of ether oxygens (including phenoxy) is 1. The van der Waals surface area contributed by atoms with E-state index in [2.05, 4.69) is 19.9 Å². The minimum Gasteiger partial charge on any atom is -0.453 e. The quantitative estimate of drug-likeness (QED) is 0.687. The van der Waals surface area contributed by atoms with E-state index in [0.29, 0.717) is 10.6 Å². The van der Waals surface area contributed by atoms with Crippen molar-refractivity contribution in [2.24, 2.45) is 0 Å². The van der Waals surface area contributed by atoms with Crippen LogP contribution in [0.15, 0.2) is 30.3 Å². The van der Waals surface area contributed by atoms with Gasteiger partial charge in [0, 0.05) is 5.56 Å². The Kier molecular flexibility index (Phi) is 4.34. The Morgan fingerprint density at radius 1 is 1.08 bits per heavy atom. The van der Waals surface area contributed by atoms with Crippen LogP contribution in [0.2, 0.25) is 0 Å². The minimum atomic E-state index is -0.503. The summed E-state index contributed by atoms with van der Waals surface area (Å²) in [7, 11) is 0. The molecule has 9 heteroatoms.